The predicted octanol–water partition coefficient (Wildman–Crippen LogP) is 3.68. The molecule has 1 heterocycles. The summed E-state index contributed by atoms with van der Waals surface area (Å²) >= 11 is 0. The number of rotatable bonds is 4. The summed E-state index contributed by atoms with van der Waals surface area (Å²) in [6.45, 7) is 5.42. The number of likely N-dealkylation sites (tertiary alicyclic amines) is 1. The number of nitrogens with one attached hydrogen (secondary N) is 1. The van der Waals surface area contributed by atoms with Gasteiger partial charge in [0, 0.05) is 30.8 Å². The molecule has 4 heteroatoms. The van der Waals surface area contributed by atoms with Crippen LogP contribution in [0.3, 0.4) is 0 Å². The lowest BCUT2D eigenvalue weighted by Gasteiger charge is -2.16. The smallest absolute Gasteiger partial charge is 0.255 e. The highest BCUT2D eigenvalue weighted by molar-refractivity contribution is 6.05. The van der Waals surface area contributed by atoms with E-state index in [1.807, 2.05) is 61.2 Å². The zero-order valence-electron chi connectivity index (χ0n) is 14.1. The van der Waals surface area contributed by atoms with Gasteiger partial charge in [-0.25, -0.2) is 0 Å². The summed E-state index contributed by atoms with van der Waals surface area (Å²) < 4.78 is 0. The molecule has 2 aromatic rings. The molecule has 1 aliphatic heterocycles. The van der Waals surface area contributed by atoms with Crippen molar-refractivity contribution in [2.75, 3.05) is 11.9 Å². The number of carbonyl (C=O) groups excluding carboxylic acids is 2. The molecular weight excluding hydrogens is 300 g/mol. The molecule has 1 aliphatic rings. The summed E-state index contributed by atoms with van der Waals surface area (Å²) in [6, 6.07) is 13.4. The minimum absolute atomic E-state index is 0.115. The van der Waals surface area contributed by atoms with Crippen LogP contribution in [0.4, 0.5) is 5.69 Å². The number of carbonyl (C=O) groups is 2. The van der Waals surface area contributed by atoms with E-state index in [-0.39, 0.29) is 11.8 Å². The minimum atomic E-state index is -0.115. The molecule has 0 aromatic heterocycles. The summed E-state index contributed by atoms with van der Waals surface area (Å²) in [6.07, 6.45) is 1.59. The van der Waals surface area contributed by atoms with Gasteiger partial charge in [0.1, 0.15) is 0 Å². The molecule has 0 aliphatic carbocycles. The number of benzene rings is 2. The van der Waals surface area contributed by atoms with E-state index in [1.54, 1.807) is 0 Å². The van der Waals surface area contributed by atoms with E-state index in [4.69, 9.17) is 0 Å². The van der Waals surface area contributed by atoms with Crippen LogP contribution in [0.25, 0.3) is 0 Å². The maximum absolute atomic E-state index is 12.5. The van der Waals surface area contributed by atoms with Gasteiger partial charge in [-0.2, -0.15) is 0 Å². The Labute approximate surface area is 142 Å². The van der Waals surface area contributed by atoms with Gasteiger partial charge < -0.3 is 10.2 Å². The Kier molecular flexibility index (Phi) is 4.65. The maximum atomic E-state index is 12.5. The first kappa shape index (κ1) is 16.2. The zero-order valence-corrected chi connectivity index (χ0v) is 14.1. The highest BCUT2D eigenvalue weighted by Gasteiger charge is 2.20. The Morgan fingerprint density at radius 1 is 1.08 bits per heavy atom. The molecular formula is C20H22N2O2. The van der Waals surface area contributed by atoms with Crippen LogP contribution in [0.2, 0.25) is 0 Å². The van der Waals surface area contributed by atoms with Gasteiger partial charge in [-0.1, -0.05) is 30.3 Å². The third kappa shape index (κ3) is 3.48. The monoisotopic (exact) mass is 322 g/mol. The summed E-state index contributed by atoms with van der Waals surface area (Å²) in [5.41, 5.74) is 4.64. The molecule has 1 saturated heterocycles. The molecule has 2 aromatic carbocycles. The van der Waals surface area contributed by atoms with Crippen molar-refractivity contribution < 1.29 is 9.59 Å². The molecule has 1 N–H and O–H groups in total. The van der Waals surface area contributed by atoms with Crippen molar-refractivity contribution in [2.45, 2.75) is 33.2 Å². The van der Waals surface area contributed by atoms with Gasteiger partial charge in [0.2, 0.25) is 5.91 Å². The Hall–Kier alpha value is -2.62. The SMILES string of the molecule is Cc1cccc(C)c1NC(=O)c1ccc(CN2CCCC2=O)cc1. The Balaban J connectivity index is 1.69. The summed E-state index contributed by atoms with van der Waals surface area (Å²) in [5, 5.41) is 2.99. The second-order valence-corrected chi connectivity index (χ2v) is 6.34. The van der Waals surface area contributed by atoms with Crippen molar-refractivity contribution >= 4 is 17.5 Å². The highest BCUT2D eigenvalue weighted by atomic mass is 16.2. The highest BCUT2D eigenvalue weighted by Crippen LogP contribution is 2.21. The lowest BCUT2D eigenvalue weighted by atomic mass is 10.1. The fourth-order valence-electron chi connectivity index (χ4n) is 3.05. The van der Waals surface area contributed by atoms with Crippen LogP contribution in [0.5, 0.6) is 0 Å². The third-order valence-corrected chi connectivity index (χ3v) is 4.48. The van der Waals surface area contributed by atoms with E-state index in [9.17, 15) is 9.59 Å². The number of hydrogen-bond acceptors (Lipinski definition) is 2. The molecule has 124 valence electrons. The Morgan fingerprint density at radius 2 is 1.75 bits per heavy atom. The molecule has 4 nitrogen and oxygen atoms in total. The largest absolute Gasteiger partial charge is 0.338 e. The van der Waals surface area contributed by atoms with E-state index in [0.717, 1.165) is 35.3 Å². The molecule has 0 unspecified atom stereocenters. The molecule has 24 heavy (non-hydrogen) atoms. The fourth-order valence-corrected chi connectivity index (χ4v) is 3.05. The number of nitrogens with zero attached hydrogens (tertiary/aromatic N) is 1. The molecule has 2 amide bonds. The van der Waals surface area contributed by atoms with Crippen LogP contribution in [-0.4, -0.2) is 23.3 Å². The van der Waals surface area contributed by atoms with Crippen molar-refractivity contribution in [3.63, 3.8) is 0 Å². The van der Waals surface area contributed by atoms with Gasteiger partial charge >= 0.3 is 0 Å². The maximum Gasteiger partial charge on any atom is 0.255 e. The van der Waals surface area contributed by atoms with E-state index >= 15 is 0 Å². The second-order valence-electron chi connectivity index (χ2n) is 6.34. The van der Waals surface area contributed by atoms with Crippen molar-refractivity contribution in [3.05, 3.63) is 64.7 Å². The van der Waals surface area contributed by atoms with Crippen LogP contribution in [0.1, 0.15) is 39.9 Å². The van der Waals surface area contributed by atoms with Crippen LogP contribution in [0.15, 0.2) is 42.5 Å². The van der Waals surface area contributed by atoms with Gasteiger partial charge in [-0.15, -0.1) is 0 Å². The Morgan fingerprint density at radius 3 is 2.33 bits per heavy atom. The van der Waals surface area contributed by atoms with Gasteiger partial charge in [0.05, 0.1) is 0 Å². The lowest BCUT2D eigenvalue weighted by Crippen LogP contribution is -2.23. The van der Waals surface area contributed by atoms with E-state index in [2.05, 4.69) is 5.32 Å². The van der Waals surface area contributed by atoms with Gasteiger partial charge in [0.25, 0.3) is 5.91 Å². The predicted molar refractivity (Wildman–Crippen MR) is 95.0 cm³/mol. The van der Waals surface area contributed by atoms with Crippen molar-refractivity contribution in [1.82, 2.24) is 4.90 Å². The number of hydrogen-bond donors (Lipinski definition) is 1. The summed E-state index contributed by atoms with van der Waals surface area (Å²) in [7, 11) is 0. The first-order valence-corrected chi connectivity index (χ1v) is 8.29. The van der Waals surface area contributed by atoms with E-state index in [1.165, 1.54) is 0 Å². The quantitative estimate of drug-likeness (QED) is 0.933. The molecule has 0 saturated carbocycles. The zero-order chi connectivity index (χ0) is 17.1. The number of anilines is 1. The van der Waals surface area contributed by atoms with Gasteiger partial charge in [-0.3, -0.25) is 9.59 Å². The minimum Gasteiger partial charge on any atom is -0.338 e. The number of amides is 2. The average molecular weight is 322 g/mol. The average Bonchev–Trinajstić information content (AvgIpc) is 2.97. The van der Waals surface area contributed by atoms with Crippen molar-refractivity contribution in [1.29, 1.82) is 0 Å². The first-order valence-electron chi connectivity index (χ1n) is 8.29. The molecule has 0 spiro atoms. The first-order chi connectivity index (χ1) is 11.5. The summed E-state index contributed by atoms with van der Waals surface area (Å²) in [4.78, 5) is 26.0. The number of aryl methyl sites for hydroxylation is 2. The molecule has 3 rings (SSSR count). The lowest BCUT2D eigenvalue weighted by molar-refractivity contribution is -0.128. The molecule has 0 radical (unpaired) electrons. The number of para-hydroxylation sites is 1. The molecule has 1 fully saturated rings. The van der Waals surface area contributed by atoms with E-state index < -0.39 is 0 Å². The summed E-state index contributed by atoms with van der Waals surface area (Å²) in [5.74, 6) is 0.100. The molecule has 0 atom stereocenters. The van der Waals surface area contributed by atoms with Crippen molar-refractivity contribution in [3.8, 4) is 0 Å². The van der Waals surface area contributed by atoms with Crippen LogP contribution >= 0.6 is 0 Å². The normalized spacial score (nSPS) is 14.1. The standard InChI is InChI=1S/C20H22N2O2/c1-14-5-3-6-15(2)19(14)21-20(24)17-10-8-16(9-11-17)13-22-12-4-7-18(22)23/h3,5-6,8-11H,4,7,12-13H2,1-2H3,(H,21,24). The van der Waals surface area contributed by atoms with Gasteiger partial charge in [-0.05, 0) is 49.1 Å². The molecule has 0 bridgehead atoms. The van der Waals surface area contributed by atoms with Crippen LogP contribution in [0, 0.1) is 13.8 Å². The van der Waals surface area contributed by atoms with Crippen molar-refractivity contribution in [2.24, 2.45) is 0 Å². The van der Waals surface area contributed by atoms with Crippen LogP contribution < -0.4 is 5.32 Å². The Bertz CT molecular complexity index is 745. The fraction of sp³-hybridized carbons (Fsp3) is 0.300. The second kappa shape index (κ2) is 6.87. The van der Waals surface area contributed by atoms with Crippen LogP contribution in [-0.2, 0) is 11.3 Å². The topological polar surface area (TPSA) is 49.4 Å². The van der Waals surface area contributed by atoms with E-state index in [0.29, 0.717) is 18.5 Å². The van der Waals surface area contributed by atoms with Gasteiger partial charge in [0.15, 0.2) is 0 Å². The third-order valence-electron chi connectivity index (χ3n) is 4.48.